The number of halogens is 3. The van der Waals surface area contributed by atoms with E-state index in [0.717, 1.165) is 25.5 Å². The third-order valence-corrected chi connectivity index (χ3v) is 4.02. The zero-order chi connectivity index (χ0) is 18.1. The van der Waals surface area contributed by atoms with E-state index in [4.69, 9.17) is 9.47 Å². The number of benzene rings is 1. The van der Waals surface area contributed by atoms with Gasteiger partial charge in [-0.15, -0.1) is 0 Å². The average molecular weight is 366 g/mol. The summed E-state index contributed by atoms with van der Waals surface area (Å²) in [5, 5.41) is 5.74. The SMILES string of the molecule is FC(F)(F)c1cnc(Nc2ccc3c(c2)OCCCO3)nc1NC1CC1. The fraction of sp³-hybridized carbons (Fsp3) is 0.412. The number of ether oxygens (including phenoxy) is 2. The van der Waals surface area contributed by atoms with Crippen molar-refractivity contribution in [2.24, 2.45) is 0 Å². The van der Waals surface area contributed by atoms with E-state index in [1.807, 2.05) is 0 Å². The molecule has 2 aromatic rings. The Morgan fingerprint density at radius 1 is 1.08 bits per heavy atom. The van der Waals surface area contributed by atoms with Crippen molar-refractivity contribution >= 4 is 17.5 Å². The number of aromatic nitrogens is 2. The van der Waals surface area contributed by atoms with Crippen molar-refractivity contribution < 1.29 is 22.6 Å². The fourth-order valence-corrected chi connectivity index (χ4v) is 2.55. The van der Waals surface area contributed by atoms with Gasteiger partial charge in [0.25, 0.3) is 0 Å². The Hall–Kier alpha value is -2.71. The summed E-state index contributed by atoms with van der Waals surface area (Å²) >= 11 is 0. The van der Waals surface area contributed by atoms with Crippen molar-refractivity contribution in [1.29, 1.82) is 0 Å². The van der Waals surface area contributed by atoms with Crippen molar-refractivity contribution in [2.75, 3.05) is 23.8 Å². The molecule has 2 aliphatic rings. The second-order valence-corrected chi connectivity index (χ2v) is 6.21. The van der Waals surface area contributed by atoms with E-state index in [9.17, 15) is 13.2 Å². The van der Waals surface area contributed by atoms with Crippen molar-refractivity contribution in [3.63, 3.8) is 0 Å². The first-order chi connectivity index (χ1) is 12.5. The van der Waals surface area contributed by atoms with Crippen molar-refractivity contribution in [3.8, 4) is 11.5 Å². The molecule has 9 heteroatoms. The number of fused-ring (bicyclic) bond motifs is 1. The lowest BCUT2D eigenvalue weighted by Gasteiger charge is -2.15. The highest BCUT2D eigenvalue weighted by Gasteiger charge is 2.36. The van der Waals surface area contributed by atoms with Crippen molar-refractivity contribution in [1.82, 2.24) is 9.97 Å². The van der Waals surface area contributed by atoms with E-state index in [-0.39, 0.29) is 17.8 Å². The van der Waals surface area contributed by atoms with Crippen LogP contribution in [0.5, 0.6) is 11.5 Å². The molecule has 0 radical (unpaired) electrons. The van der Waals surface area contributed by atoms with Gasteiger partial charge in [-0.3, -0.25) is 0 Å². The van der Waals surface area contributed by atoms with Gasteiger partial charge in [-0.1, -0.05) is 0 Å². The Labute approximate surface area is 147 Å². The predicted octanol–water partition coefficient (Wildman–Crippen LogP) is 3.97. The minimum atomic E-state index is -4.51. The minimum absolute atomic E-state index is 0.0388. The minimum Gasteiger partial charge on any atom is -0.490 e. The molecule has 138 valence electrons. The molecule has 1 saturated carbocycles. The lowest BCUT2D eigenvalue weighted by Crippen LogP contribution is -2.15. The van der Waals surface area contributed by atoms with E-state index in [1.165, 1.54) is 0 Å². The fourth-order valence-electron chi connectivity index (χ4n) is 2.55. The summed E-state index contributed by atoms with van der Waals surface area (Å²) in [6.45, 7) is 1.13. The van der Waals surface area contributed by atoms with E-state index in [2.05, 4.69) is 20.6 Å². The van der Waals surface area contributed by atoms with Crippen LogP contribution in [0.25, 0.3) is 0 Å². The van der Waals surface area contributed by atoms with Gasteiger partial charge in [0.05, 0.1) is 13.2 Å². The van der Waals surface area contributed by atoms with Crippen LogP contribution < -0.4 is 20.1 Å². The molecule has 2 heterocycles. The van der Waals surface area contributed by atoms with Gasteiger partial charge in [-0.25, -0.2) is 4.98 Å². The smallest absolute Gasteiger partial charge is 0.421 e. The molecule has 1 aromatic heterocycles. The highest BCUT2D eigenvalue weighted by atomic mass is 19.4. The Balaban J connectivity index is 1.59. The van der Waals surface area contributed by atoms with Crippen LogP contribution in [0.15, 0.2) is 24.4 Å². The maximum Gasteiger partial charge on any atom is 0.421 e. The molecule has 0 spiro atoms. The average Bonchev–Trinajstić information content (AvgIpc) is 3.40. The van der Waals surface area contributed by atoms with Gasteiger partial charge in [0.15, 0.2) is 11.5 Å². The van der Waals surface area contributed by atoms with Crippen LogP contribution in [-0.4, -0.2) is 29.2 Å². The molecule has 26 heavy (non-hydrogen) atoms. The first-order valence-corrected chi connectivity index (χ1v) is 8.36. The number of hydrogen-bond acceptors (Lipinski definition) is 6. The van der Waals surface area contributed by atoms with Gasteiger partial charge in [-0.2, -0.15) is 18.2 Å². The Kier molecular flexibility index (Phi) is 4.21. The van der Waals surface area contributed by atoms with Gasteiger partial charge in [-0.05, 0) is 25.0 Å². The van der Waals surface area contributed by atoms with Crippen LogP contribution in [0.2, 0.25) is 0 Å². The van der Waals surface area contributed by atoms with Crippen LogP contribution in [0.3, 0.4) is 0 Å². The maximum absolute atomic E-state index is 13.1. The lowest BCUT2D eigenvalue weighted by atomic mass is 10.2. The van der Waals surface area contributed by atoms with Crippen LogP contribution in [-0.2, 0) is 6.18 Å². The summed E-state index contributed by atoms with van der Waals surface area (Å²) in [7, 11) is 0. The maximum atomic E-state index is 13.1. The molecular weight excluding hydrogens is 349 g/mol. The molecule has 1 aliphatic heterocycles. The third-order valence-electron chi connectivity index (χ3n) is 4.02. The molecule has 2 N–H and O–H groups in total. The Bertz CT molecular complexity index is 809. The normalized spacial score (nSPS) is 16.7. The van der Waals surface area contributed by atoms with E-state index < -0.39 is 11.7 Å². The topological polar surface area (TPSA) is 68.3 Å². The van der Waals surface area contributed by atoms with Gasteiger partial charge >= 0.3 is 6.18 Å². The van der Waals surface area contributed by atoms with Gasteiger partial charge in [0, 0.05) is 30.4 Å². The lowest BCUT2D eigenvalue weighted by molar-refractivity contribution is -0.137. The van der Waals surface area contributed by atoms with Crippen LogP contribution in [0.1, 0.15) is 24.8 Å². The summed E-state index contributed by atoms with van der Waals surface area (Å²) in [6, 6.07) is 5.24. The molecule has 0 bridgehead atoms. The number of hydrogen-bond donors (Lipinski definition) is 2. The summed E-state index contributed by atoms with van der Waals surface area (Å²) in [5.41, 5.74) is -0.264. The molecule has 1 aromatic carbocycles. The molecule has 6 nitrogen and oxygen atoms in total. The van der Waals surface area contributed by atoms with Gasteiger partial charge in [0.2, 0.25) is 5.95 Å². The molecule has 0 unspecified atom stereocenters. The Morgan fingerprint density at radius 2 is 1.85 bits per heavy atom. The summed E-state index contributed by atoms with van der Waals surface area (Å²) in [5.74, 6) is 1.09. The first-order valence-electron chi connectivity index (χ1n) is 8.36. The second kappa shape index (κ2) is 6.54. The number of nitrogens with zero attached hydrogens (tertiary/aromatic N) is 2. The van der Waals surface area contributed by atoms with Crippen molar-refractivity contribution in [3.05, 3.63) is 30.0 Å². The van der Waals surface area contributed by atoms with Crippen LogP contribution in [0.4, 0.5) is 30.6 Å². The molecular formula is C17H17F3N4O2. The molecule has 1 aliphatic carbocycles. The number of nitrogens with one attached hydrogen (secondary N) is 2. The van der Waals surface area contributed by atoms with Crippen molar-refractivity contribution in [2.45, 2.75) is 31.5 Å². The zero-order valence-electron chi connectivity index (χ0n) is 13.8. The standard InChI is InChI=1S/C17H17F3N4O2/c18-17(19,20)12-9-21-16(24-15(12)22-10-2-3-10)23-11-4-5-13-14(8-11)26-7-1-6-25-13/h4-5,8-10H,1-3,6-7H2,(H2,21,22,23,24). The van der Waals surface area contributed by atoms with Crippen LogP contribution in [0, 0.1) is 0 Å². The summed E-state index contributed by atoms with van der Waals surface area (Å²) in [6.07, 6.45) is -1.25. The van der Waals surface area contributed by atoms with Crippen LogP contribution >= 0.6 is 0 Å². The second-order valence-electron chi connectivity index (χ2n) is 6.21. The molecule has 0 saturated heterocycles. The summed E-state index contributed by atoms with van der Waals surface area (Å²) in [4.78, 5) is 7.82. The van der Waals surface area contributed by atoms with E-state index in [0.29, 0.717) is 30.4 Å². The quantitative estimate of drug-likeness (QED) is 0.853. The molecule has 0 amide bonds. The van der Waals surface area contributed by atoms with Gasteiger partial charge in [0.1, 0.15) is 11.4 Å². The Morgan fingerprint density at radius 3 is 2.58 bits per heavy atom. The predicted molar refractivity (Wildman–Crippen MR) is 89.0 cm³/mol. The first kappa shape index (κ1) is 16.7. The largest absolute Gasteiger partial charge is 0.490 e. The molecule has 4 rings (SSSR count). The number of anilines is 3. The summed E-state index contributed by atoms with van der Waals surface area (Å²) < 4.78 is 50.6. The van der Waals surface area contributed by atoms with Gasteiger partial charge < -0.3 is 20.1 Å². The molecule has 0 atom stereocenters. The highest BCUT2D eigenvalue weighted by molar-refractivity contribution is 5.61. The molecule has 1 fully saturated rings. The number of alkyl halides is 3. The van der Waals surface area contributed by atoms with E-state index >= 15 is 0 Å². The van der Waals surface area contributed by atoms with E-state index in [1.54, 1.807) is 18.2 Å². The highest BCUT2D eigenvalue weighted by Crippen LogP contribution is 2.37. The monoisotopic (exact) mass is 366 g/mol. The number of rotatable bonds is 4. The zero-order valence-corrected chi connectivity index (χ0v) is 13.8. The third kappa shape index (κ3) is 3.76.